The van der Waals surface area contributed by atoms with E-state index in [2.05, 4.69) is 4.98 Å². The average molecular weight is 282 g/mol. The second kappa shape index (κ2) is 4.45. The minimum atomic E-state index is -0.259. The van der Waals surface area contributed by atoms with Gasteiger partial charge in [-0.2, -0.15) is 0 Å². The highest BCUT2D eigenvalue weighted by atomic mass is 16.4. The van der Waals surface area contributed by atoms with Crippen LogP contribution in [0.1, 0.15) is 48.4 Å². The van der Waals surface area contributed by atoms with Crippen LogP contribution in [0.25, 0.3) is 11.5 Å². The first-order valence-corrected chi connectivity index (χ1v) is 7.57. The van der Waals surface area contributed by atoms with Crippen LogP contribution < -0.4 is 0 Å². The Labute approximate surface area is 123 Å². The van der Waals surface area contributed by atoms with Gasteiger partial charge in [0.25, 0.3) is 5.91 Å². The molecular formula is C17H18N2O2. The highest BCUT2D eigenvalue weighted by Gasteiger charge is 2.52. The molecule has 1 saturated carbocycles. The molecule has 0 N–H and O–H groups in total. The standard InChI is InChI=1S/C17H18N2O2/c1-19-16(20)13-14(17(19)10-6-3-7-11-17)21-15(18-13)12-8-4-2-5-9-12/h2,4-5,8-9H,3,6-7,10-11H2,1H3. The van der Waals surface area contributed by atoms with Crippen molar-refractivity contribution in [3.8, 4) is 11.5 Å². The number of carbonyl (C=O) groups excluding carboxylic acids is 1. The van der Waals surface area contributed by atoms with Gasteiger partial charge in [0, 0.05) is 12.6 Å². The fourth-order valence-electron chi connectivity index (χ4n) is 3.69. The van der Waals surface area contributed by atoms with Crippen molar-refractivity contribution >= 4 is 5.91 Å². The van der Waals surface area contributed by atoms with Gasteiger partial charge in [0.2, 0.25) is 5.89 Å². The molecule has 1 aromatic heterocycles. The first kappa shape index (κ1) is 12.6. The molecule has 1 aromatic carbocycles. The fraction of sp³-hybridized carbons (Fsp3) is 0.412. The summed E-state index contributed by atoms with van der Waals surface area (Å²) in [7, 11) is 1.88. The summed E-state index contributed by atoms with van der Waals surface area (Å²) in [5.74, 6) is 1.35. The lowest BCUT2D eigenvalue weighted by Gasteiger charge is -2.38. The lowest BCUT2D eigenvalue weighted by molar-refractivity contribution is 0.0465. The molecule has 0 radical (unpaired) electrons. The van der Waals surface area contributed by atoms with E-state index in [1.807, 2.05) is 42.3 Å². The zero-order valence-corrected chi connectivity index (χ0v) is 12.1. The lowest BCUT2D eigenvalue weighted by Crippen LogP contribution is -2.42. The summed E-state index contributed by atoms with van der Waals surface area (Å²) in [6, 6.07) is 9.79. The van der Waals surface area contributed by atoms with Gasteiger partial charge in [-0.25, -0.2) is 4.98 Å². The topological polar surface area (TPSA) is 46.3 Å². The molecule has 4 nitrogen and oxygen atoms in total. The summed E-state index contributed by atoms with van der Waals surface area (Å²) in [6.45, 7) is 0. The number of nitrogens with zero attached hydrogens (tertiary/aromatic N) is 2. The predicted octanol–water partition coefficient (Wildman–Crippen LogP) is 3.59. The van der Waals surface area contributed by atoms with Crippen LogP contribution in [0.5, 0.6) is 0 Å². The van der Waals surface area contributed by atoms with Gasteiger partial charge in [-0.15, -0.1) is 0 Å². The van der Waals surface area contributed by atoms with E-state index in [4.69, 9.17) is 4.42 Å². The zero-order chi connectivity index (χ0) is 14.4. The number of rotatable bonds is 1. The summed E-state index contributed by atoms with van der Waals surface area (Å²) in [5, 5.41) is 0. The van der Waals surface area contributed by atoms with E-state index >= 15 is 0 Å². The summed E-state index contributed by atoms with van der Waals surface area (Å²) in [4.78, 5) is 18.9. The van der Waals surface area contributed by atoms with Crippen molar-refractivity contribution in [1.82, 2.24) is 9.88 Å². The molecule has 2 aliphatic rings. The van der Waals surface area contributed by atoms with Gasteiger partial charge in [-0.1, -0.05) is 37.5 Å². The number of carbonyl (C=O) groups is 1. The van der Waals surface area contributed by atoms with Crippen molar-refractivity contribution in [2.24, 2.45) is 0 Å². The molecule has 0 bridgehead atoms. The van der Waals surface area contributed by atoms with Crippen molar-refractivity contribution in [3.63, 3.8) is 0 Å². The van der Waals surface area contributed by atoms with Crippen LogP contribution in [-0.2, 0) is 5.54 Å². The predicted molar refractivity (Wildman–Crippen MR) is 78.8 cm³/mol. The Balaban J connectivity index is 1.83. The summed E-state index contributed by atoms with van der Waals surface area (Å²) in [5.41, 5.74) is 1.18. The fourth-order valence-corrected chi connectivity index (χ4v) is 3.69. The molecule has 2 heterocycles. The molecule has 0 unspecified atom stereocenters. The zero-order valence-electron chi connectivity index (χ0n) is 12.1. The van der Waals surface area contributed by atoms with Crippen molar-refractivity contribution in [2.75, 3.05) is 7.05 Å². The molecular weight excluding hydrogens is 264 g/mol. The SMILES string of the molecule is CN1C(=O)c2nc(-c3ccccc3)oc2C12CCCCC2. The van der Waals surface area contributed by atoms with E-state index in [0.717, 1.165) is 37.0 Å². The van der Waals surface area contributed by atoms with Crippen molar-refractivity contribution in [3.05, 3.63) is 41.8 Å². The molecule has 2 aromatic rings. The highest BCUT2D eigenvalue weighted by Crippen LogP contribution is 2.48. The Bertz CT molecular complexity index is 684. The minimum Gasteiger partial charge on any atom is -0.438 e. The van der Waals surface area contributed by atoms with Crippen LogP contribution in [0.2, 0.25) is 0 Å². The molecule has 0 saturated heterocycles. The Hall–Kier alpha value is -2.10. The second-order valence-corrected chi connectivity index (χ2v) is 6.02. The molecule has 1 aliphatic carbocycles. The molecule has 0 atom stereocenters. The molecule has 21 heavy (non-hydrogen) atoms. The maximum Gasteiger partial charge on any atom is 0.276 e. The molecule has 4 rings (SSSR count). The Morgan fingerprint density at radius 3 is 2.57 bits per heavy atom. The summed E-state index contributed by atoms with van der Waals surface area (Å²) >= 11 is 0. The minimum absolute atomic E-state index is 0.00201. The Morgan fingerprint density at radius 1 is 1.14 bits per heavy atom. The van der Waals surface area contributed by atoms with Crippen LogP contribution in [0, 0.1) is 0 Å². The third-order valence-corrected chi connectivity index (χ3v) is 4.90. The maximum absolute atomic E-state index is 12.5. The van der Waals surface area contributed by atoms with Gasteiger partial charge < -0.3 is 9.32 Å². The Morgan fingerprint density at radius 2 is 1.86 bits per heavy atom. The van der Waals surface area contributed by atoms with E-state index in [0.29, 0.717) is 11.6 Å². The molecule has 1 amide bonds. The normalized spacial score (nSPS) is 20.0. The molecule has 1 aliphatic heterocycles. The number of amides is 1. The van der Waals surface area contributed by atoms with Crippen molar-refractivity contribution < 1.29 is 9.21 Å². The van der Waals surface area contributed by atoms with Crippen LogP contribution in [-0.4, -0.2) is 22.8 Å². The number of fused-ring (bicyclic) bond motifs is 2. The largest absolute Gasteiger partial charge is 0.438 e. The van der Waals surface area contributed by atoms with E-state index in [9.17, 15) is 4.79 Å². The Kier molecular flexibility index (Phi) is 2.67. The monoisotopic (exact) mass is 282 g/mol. The smallest absolute Gasteiger partial charge is 0.276 e. The van der Waals surface area contributed by atoms with Crippen LogP contribution >= 0.6 is 0 Å². The number of benzene rings is 1. The highest BCUT2D eigenvalue weighted by molar-refractivity contribution is 5.97. The summed E-state index contributed by atoms with van der Waals surface area (Å²) in [6.07, 6.45) is 5.47. The number of oxazole rings is 1. The van der Waals surface area contributed by atoms with Crippen molar-refractivity contribution in [1.29, 1.82) is 0 Å². The first-order chi connectivity index (χ1) is 10.2. The first-order valence-electron chi connectivity index (χ1n) is 7.57. The van der Waals surface area contributed by atoms with Crippen molar-refractivity contribution in [2.45, 2.75) is 37.6 Å². The third-order valence-electron chi connectivity index (χ3n) is 4.90. The van der Waals surface area contributed by atoms with Crippen LogP contribution in [0.3, 0.4) is 0 Å². The molecule has 1 fully saturated rings. The van der Waals surface area contributed by atoms with E-state index in [1.165, 1.54) is 6.42 Å². The number of hydrogen-bond acceptors (Lipinski definition) is 3. The number of aromatic nitrogens is 1. The van der Waals surface area contributed by atoms with Gasteiger partial charge in [0.05, 0.1) is 0 Å². The molecule has 1 spiro atoms. The number of hydrogen-bond donors (Lipinski definition) is 0. The van der Waals surface area contributed by atoms with Crippen LogP contribution in [0.4, 0.5) is 0 Å². The van der Waals surface area contributed by atoms with Gasteiger partial charge in [-0.05, 0) is 25.0 Å². The molecule has 108 valence electrons. The van der Waals surface area contributed by atoms with Gasteiger partial charge >= 0.3 is 0 Å². The van der Waals surface area contributed by atoms with Gasteiger partial charge in [0.1, 0.15) is 5.54 Å². The van der Waals surface area contributed by atoms with Crippen LogP contribution in [0.15, 0.2) is 34.7 Å². The summed E-state index contributed by atoms with van der Waals surface area (Å²) < 4.78 is 6.07. The quantitative estimate of drug-likeness (QED) is 0.803. The average Bonchev–Trinajstić information content (AvgIpc) is 3.06. The van der Waals surface area contributed by atoms with E-state index in [1.54, 1.807) is 0 Å². The van der Waals surface area contributed by atoms with E-state index in [-0.39, 0.29) is 11.4 Å². The third kappa shape index (κ3) is 1.68. The second-order valence-electron chi connectivity index (χ2n) is 6.02. The van der Waals surface area contributed by atoms with Gasteiger partial charge in [-0.3, -0.25) is 4.79 Å². The maximum atomic E-state index is 12.5. The van der Waals surface area contributed by atoms with Gasteiger partial charge in [0.15, 0.2) is 11.5 Å². The van der Waals surface area contributed by atoms with E-state index < -0.39 is 0 Å². The molecule has 4 heteroatoms. The lowest BCUT2D eigenvalue weighted by atomic mass is 9.80.